The zero-order chi connectivity index (χ0) is 13.1. The average molecular weight is 257 g/mol. The van der Waals surface area contributed by atoms with E-state index < -0.39 is 0 Å². The van der Waals surface area contributed by atoms with Gasteiger partial charge in [-0.05, 0) is 55.4 Å². The van der Waals surface area contributed by atoms with E-state index in [0.717, 1.165) is 0 Å². The highest BCUT2D eigenvalue weighted by atomic mass is 32.2. The summed E-state index contributed by atoms with van der Waals surface area (Å²) < 4.78 is 0. The van der Waals surface area contributed by atoms with Crippen molar-refractivity contribution < 1.29 is 0 Å². The van der Waals surface area contributed by atoms with Crippen molar-refractivity contribution in [1.82, 2.24) is 5.32 Å². The first-order valence-electron chi connectivity index (χ1n) is 6.99. The Morgan fingerprint density at radius 3 is 2.18 bits per heavy atom. The zero-order valence-corrected chi connectivity index (χ0v) is 13.4. The smallest absolute Gasteiger partial charge is 0.00797 e. The van der Waals surface area contributed by atoms with Crippen LogP contribution in [-0.4, -0.2) is 24.1 Å². The van der Waals surface area contributed by atoms with E-state index in [2.05, 4.69) is 46.2 Å². The van der Waals surface area contributed by atoms with Gasteiger partial charge in [0, 0.05) is 12.1 Å². The summed E-state index contributed by atoms with van der Waals surface area (Å²) in [6.45, 7) is 12.0. The molecule has 1 aliphatic rings. The fourth-order valence-electron chi connectivity index (χ4n) is 3.74. The standard InChI is InChI=1S/C15H31NS/c1-12(7-8-17-6)16-13-9-14(2,3)11-15(4,5)10-13/h12-13,16H,7-11H2,1-6H3. The van der Waals surface area contributed by atoms with Crippen LogP contribution in [0.4, 0.5) is 0 Å². The van der Waals surface area contributed by atoms with Gasteiger partial charge in [-0.3, -0.25) is 0 Å². The first-order chi connectivity index (χ1) is 7.74. The molecule has 0 aromatic carbocycles. The molecular weight excluding hydrogens is 226 g/mol. The van der Waals surface area contributed by atoms with Crippen molar-refractivity contribution in [1.29, 1.82) is 0 Å². The van der Waals surface area contributed by atoms with Gasteiger partial charge in [0.2, 0.25) is 0 Å². The molecule has 1 aliphatic carbocycles. The summed E-state index contributed by atoms with van der Waals surface area (Å²) in [5.74, 6) is 1.27. The highest BCUT2D eigenvalue weighted by Gasteiger charge is 2.38. The fraction of sp³-hybridized carbons (Fsp3) is 1.00. The van der Waals surface area contributed by atoms with Gasteiger partial charge in [-0.25, -0.2) is 0 Å². The molecule has 0 spiro atoms. The SMILES string of the molecule is CSCCC(C)NC1CC(C)(C)CC(C)(C)C1. The van der Waals surface area contributed by atoms with Crippen molar-refractivity contribution >= 4 is 11.8 Å². The molecule has 1 nitrogen and oxygen atoms in total. The Morgan fingerprint density at radius 1 is 1.18 bits per heavy atom. The zero-order valence-electron chi connectivity index (χ0n) is 12.6. The van der Waals surface area contributed by atoms with E-state index in [4.69, 9.17) is 0 Å². The van der Waals surface area contributed by atoms with Crippen LogP contribution in [0.25, 0.3) is 0 Å². The first kappa shape index (κ1) is 15.4. The molecule has 1 saturated carbocycles. The first-order valence-corrected chi connectivity index (χ1v) is 8.38. The highest BCUT2D eigenvalue weighted by Crippen LogP contribution is 2.45. The van der Waals surface area contributed by atoms with Crippen LogP contribution in [0.5, 0.6) is 0 Å². The molecule has 1 unspecified atom stereocenters. The molecule has 102 valence electrons. The molecule has 0 bridgehead atoms. The lowest BCUT2D eigenvalue weighted by Gasteiger charge is -2.46. The Labute approximate surface area is 113 Å². The molecule has 0 radical (unpaired) electrons. The summed E-state index contributed by atoms with van der Waals surface area (Å²) >= 11 is 1.95. The number of hydrogen-bond acceptors (Lipinski definition) is 2. The van der Waals surface area contributed by atoms with Crippen molar-refractivity contribution in [3.8, 4) is 0 Å². The summed E-state index contributed by atoms with van der Waals surface area (Å²) in [4.78, 5) is 0. The van der Waals surface area contributed by atoms with Crippen molar-refractivity contribution in [3.05, 3.63) is 0 Å². The highest BCUT2D eigenvalue weighted by molar-refractivity contribution is 7.98. The second kappa shape index (κ2) is 5.97. The lowest BCUT2D eigenvalue weighted by atomic mass is 9.63. The van der Waals surface area contributed by atoms with Crippen LogP contribution >= 0.6 is 11.8 Å². The minimum atomic E-state index is 0.499. The van der Waals surface area contributed by atoms with E-state index in [9.17, 15) is 0 Å². The Bertz CT molecular complexity index is 219. The van der Waals surface area contributed by atoms with Gasteiger partial charge in [0.15, 0.2) is 0 Å². The third kappa shape index (κ3) is 5.65. The van der Waals surface area contributed by atoms with Crippen LogP contribution in [0.15, 0.2) is 0 Å². The molecular formula is C15H31NS. The monoisotopic (exact) mass is 257 g/mol. The van der Waals surface area contributed by atoms with Gasteiger partial charge in [0.05, 0.1) is 0 Å². The van der Waals surface area contributed by atoms with E-state index >= 15 is 0 Å². The van der Waals surface area contributed by atoms with E-state index in [0.29, 0.717) is 22.9 Å². The molecule has 0 saturated heterocycles. The van der Waals surface area contributed by atoms with Gasteiger partial charge in [-0.2, -0.15) is 11.8 Å². The van der Waals surface area contributed by atoms with Gasteiger partial charge >= 0.3 is 0 Å². The van der Waals surface area contributed by atoms with E-state index in [1.807, 2.05) is 11.8 Å². The Kier molecular flexibility index (Phi) is 5.39. The van der Waals surface area contributed by atoms with E-state index in [1.165, 1.54) is 31.4 Å². The molecule has 0 aliphatic heterocycles. The lowest BCUT2D eigenvalue weighted by molar-refractivity contribution is 0.0810. The predicted octanol–water partition coefficient (Wildman–Crippen LogP) is 4.32. The fourth-order valence-corrected chi connectivity index (χ4v) is 4.33. The minimum Gasteiger partial charge on any atom is -0.311 e. The molecule has 17 heavy (non-hydrogen) atoms. The summed E-state index contributed by atoms with van der Waals surface area (Å²) in [7, 11) is 0. The second-order valence-electron chi connectivity index (χ2n) is 7.46. The largest absolute Gasteiger partial charge is 0.311 e. The molecule has 1 N–H and O–H groups in total. The van der Waals surface area contributed by atoms with Gasteiger partial charge in [0.25, 0.3) is 0 Å². The maximum atomic E-state index is 3.85. The Balaban J connectivity index is 2.47. The molecule has 0 amide bonds. The normalized spacial score (nSPS) is 25.8. The lowest BCUT2D eigenvalue weighted by Crippen LogP contribution is -2.46. The molecule has 0 heterocycles. The second-order valence-corrected chi connectivity index (χ2v) is 8.45. The molecule has 0 aromatic heterocycles. The predicted molar refractivity (Wildman–Crippen MR) is 80.8 cm³/mol. The quantitative estimate of drug-likeness (QED) is 0.787. The number of hydrogen-bond donors (Lipinski definition) is 1. The van der Waals surface area contributed by atoms with Gasteiger partial charge < -0.3 is 5.32 Å². The maximum absolute atomic E-state index is 3.85. The third-order valence-electron chi connectivity index (χ3n) is 3.83. The minimum absolute atomic E-state index is 0.499. The Hall–Kier alpha value is 0.310. The molecule has 1 atom stereocenters. The van der Waals surface area contributed by atoms with Crippen LogP contribution in [-0.2, 0) is 0 Å². The molecule has 0 aromatic rings. The average Bonchev–Trinajstić information content (AvgIpc) is 2.09. The number of rotatable bonds is 5. The van der Waals surface area contributed by atoms with Crippen molar-refractivity contribution in [2.75, 3.05) is 12.0 Å². The summed E-state index contributed by atoms with van der Waals surface area (Å²) in [6, 6.07) is 1.38. The van der Waals surface area contributed by atoms with Gasteiger partial charge in [-0.15, -0.1) is 0 Å². The van der Waals surface area contributed by atoms with Crippen molar-refractivity contribution in [2.45, 2.75) is 72.4 Å². The summed E-state index contributed by atoms with van der Waals surface area (Å²) in [5.41, 5.74) is 0.997. The third-order valence-corrected chi connectivity index (χ3v) is 4.47. The van der Waals surface area contributed by atoms with Crippen LogP contribution in [0.3, 0.4) is 0 Å². The topological polar surface area (TPSA) is 12.0 Å². The van der Waals surface area contributed by atoms with Crippen molar-refractivity contribution in [3.63, 3.8) is 0 Å². The van der Waals surface area contributed by atoms with Crippen molar-refractivity contribution in [2.24, 2.45) is 10.8 Å². The van der Waals surface area contributed by atoms with Gasteiger partial charge in [0.1, 0.15) is 0 Å². The maximum Gasteiger partial charge on any atom is 0.00797 e. The van der Waals surface area contributed by atoms with Crippen LogP contribution < -0.4 is 5.32 Å². The van der Waals surface area contributed by atoms with Crippen LogP contribution in [0.1, 0.15) is 60.3 Å². The number of nitrogens with one attached hydrogen (secondary N) is 1. The summed E-state index contributed by atoms with van der Waals surface area (Å²) in [6.07, 6.45) is 7.51. The van der Waals surface area contributed by atoms with E-state index in [1.54, 1.807) is 0 Å². The number of thioether (sulfide) groups is 1. The summed E-state index contributed by atoms with van der Waals surface area (Å²) in [5, 5.41) is 3.85. The van der Waals surface area contributed by atoms with Crippen LogP contribution in [0.2, 0.25) is 0 Å². The van der Waals surface area contributed by atoms with Gasteiger partial charge in [-0.1, -0.05) is 27.7 Å². The van der Waals surface area contributed by atoms with E-state index in [-0.39, 0.29) is 0 Å². The van der Waals surface area contributed by atoms with Crippen LogP contribution in [0, 0.1) is 10.8 Å². The molecule has 1 rings (SSSR count). The molecule has 2 heteroatoms. The molecule has 1 fully saturated rings. The Morgan fingerprint density at radius 2 is 1.71 bits per heavy atom.